The van der Waals surface area contributed by atoms with E-state index in [1.54, 1.807) is 18.9 Å². The Balaban J connectivity index is 1.75. The minimum atomic E-state index is -0.00422. The van der Waals surface area contributed by atoms with E-state index in [1.807, 2.05) is 47.4 Å². The Morgan fingerprint density at radius 2 is 1.44 bits per heavy atom. The Bertz CT molecular complexity index is 766. The number of carbonyl (C=O) groups is 2. The van der Waals surface area contributed by atoms with E-state index in [2.05, 4.69) is 12.1 Å². The highest BCUT2D eigenvalue weighted by Crippen LogP contribution is 2.30. The molecule has 1 aliphatic heterocycles. The van der Waals surface area contributed by atoms with Crippen molar-refractivity contribution in [3.05, 3.63) is 65.7 Å². The molecule has 0 aromatic heterocycles. The molecule has 0 aliphatic carbocycles. The summed E-state index contributed by atoms with van der Waals surface area (Å²) in [5.74, 6) is 0.998. The van der Waals surface area contributed by atoms with Crippen molar-refractivity contribution in [3.63, 3.8) is 0 Å². The van der Waals surface area contributed by atoms with Gasteiger partial charge in [0.15, 0.2) is 0 Å². The summed E-state index contributed by atoms with van der Waals surface area (Å²) < 4.78 is 5.25. The molecule has 0 radical (unpaired) electrons. The van der Waals surface area contributed by atoms with Crippen molar-refractivity contribution in [2.45, 2.75) is 19.3 Å². The topological polar surface area (TPSA) is 49.9 Å². The molecule has 27 heavy (non-hydrogen) atoms. The predicted molar refractivity (Wildman–Crippen MR) is 105 cm³/mol. The number of hydrogen-bond acceptors (Lipinski definition) is 3. The van der Waals surface area contributed by atoms with Crippen LogP contribution in [0.1, 0.15) is 30.4 Å². The molecule has 5 heteroatoms. The van der Waals surface area contributed by atoms with E-state index >= 15 is 0 Å². The fourth-order valence-electron chi connectivity index (χ4n) is 3.52. The quantitative estimate of drug-likeness (QED) is 0.818. The summed E-state index contributed by atoms with van der Waals surface area (Å²) in [5, 5.41) is 0. The normalized spacial score (nSPS) is 15.3. The number of piperazine rings is 1. The zero-order chi connectivity index (χ0) is 19.2. The number of rotatable bonds is 5. The van der Waals surface area contributed by atoms with Gasteiger partial charge in [0.2, 0.25) is 11.8 Å². The average molecular weight is 366 g/mol. The summed E-state index contributed by atoms with van der Waals surface area (Å²) in [6.45, 7) is 4.00. The number of hydrogen-bond donors (Lipinski definition) is 0. The summed E-state index contributed by atoms with van der Waals surface area (Å²) in [4.78, 5) is 28.1. The molecule has 2 amide bonds. The Morgan fingerprint density at radius 3 is 2.00 bits per heavy atom. The maximum atomic E-state index is 13.0. The molecule has 1 fully saturated rings. The van der Waals surface area contributed by atoms with Gasteiger partial charge in [-0.1, -0.05) is 42.5 Å². The molecule has 1 atom stereocenters. The van der Waals surface area contributed by atoms with E-state index < -0.39 is 0 Å². The van der Waals surface area contributed by atoms with Crippen molar-refractivity contribution >= 4 is 11.8 Å². The van der Waals surface area contributed by atoms with Crippen LogP contribution in [0.4, 0.5) is 0 Å². The third-order valence-corrected chi connectivity index (χ3v) is 5.18. The SMILES string of the molecule is COc1ccc(C(CC(=O)N2CCN(C(C)=O)CC2)c2ccccc2)cc1. The van der Waals surface area contributed by atoms with Crippen molar-refractivity contribution in [3.8, 4) is 5.75 Å². The van der Waals surface area contributed by atoms with Gasteiger partial charge >= 0.3 is 0 Å². The Kier molecular flexibility index (Phi) is 6.12. The first kappa shape index (κ1) is 19.0. The number of benzene rings is 2. The first-order chi connectivity index (χ1) is 13.1. The van der Waals surface area contributed by atoms with E-state index in [1.165, 1.54) is 0 Å². The lowest BCUT2D eigenvalue weighted by Gasteiger charge is -2.35. The molecular formula is C22H26N2O3. The second kappa shape index (κ2) is 8.71. The van der Waals surface area contributed by atoms with E-state index in [-0.39, 0.29) is 17.7 Å². The fourth-order valence-corrected chi connectivity index (χ4v) is 3.52. The summed E-state index contributed by atoms with van der Waals surface area (Å²) in [5.41, 5.74) is 2.22. The lowest BCUT2D eigenvalue weighted by molar-refractivity contribution is -0.138. The average Bonchev–Trinajstić information content (AvgIpc) is 2.72. The van der Waals surface area contributed by atoms with Gasteiger partial charge in [-0.05, 0) is 23.3 Å². The molecule has 0 saturated carbocycles. The van der Waals surface area contributed by atoms with Gasteiger partial charge in [0, 0.05) is 45.4 Å². The Labute approximate surface area is 160 Å². The van der Waals surface area contributed by atoms with Crippen molar-refractivity contribution in [1.82, 2.24) is 9.80 Å². The minimum absolute atomic E-state index is 0.00422. The number of ether oxygens (including phenoxy) is 1. The molecule has 142 valence electrons. The first-order valence-electron chi connectivity index (χ1n) is 9.30. The van der Waals surface area contributed by atoms with Gasteiger partial charge in [0.1, 0.15) is 5.75 Å². The number of nitrogens with zero attached hydrogens (tertiary/aromatic N) is 2. The molecule has 2 aromatic rings. The van der Waals surface area contributed by atoms with Crippen molar-refractivity contribution in [2.24, 2.45) is 0 Å². The smallest absolute Gasteiger partial charge is 0.223 e. The summed E-state index contributed by atoms with van der Waals surface area (Å²) in [6.07, 6.45) is 0.413. The highest BCUT2D eigenvalue weighted by molar-refractivity contribution is 5.79. The van der Waals surface area contributed by atoms with Crippen LogP contribution in [-0.4, -0.2) is 54.9 Å². The summed E-state index contributed by atoms with van der Waals surface area (Å²) in [7, 11) is 1.65. The molecular weight excluding hydrogens is 340 g/mol. The first-order valence-corrected chi connectivity index (χ1v) is 9.30. The van der Waals surface area contributed by atoms with E-state index in [0.29, 0.717) is 32.6 Å². The summed E-state index contributed by atoms with van der Waals surface area (Å²) in [6, 6.07) is 18.0. The number of amides is 2. The van der Waals surface area contributed by atoms with Crippen molar-refractivity contribution < 1.29 is 14.3 Å². The van der Waals surface area contributed by atoms with E-state index in [9.17, 15) is 9.59 Å². The third kappa shape index (κ3) is 4.67. The third-order valence-electron chi connectivity index (χ3n) is 5.18. The molecule has 1 unspecified atom stereocenters. The van der Waals surface area contributed by atoms with Gasteiger partial charge in [0.05, 0.1) is 7.11 Å². The largest absolute Gasteiger partial charge is 0.497 e. The second-order valence-electron chi connectivity index (χ2n) is 6.83. The molecule has 1 heterocycles. The van der Waals surface area contributed by atoms with Crippen LogP contribution in [-0.2, 0) is 9.59 Å². The molecule has 3 rings (SSSR count). The molecule has 0 spiro atoms. The molecule has 0 bridgehead atoms. The number of carbonyl (C=O) groups excluding carboxylic acids is 2. The predicted octanol–water partition coefficient (Wildman–Crippen LogP) is 2.91. The van der Waals surface area contributed by atoms with Crippen LogP contribution in [0.15, 0.2) is 54.6 Å². The van der Waals surface area contributed by atoms with Crippen LogP contribution < -0.4 is 4.74 Å². The van der Waals surface area contributed by atoms with Gasteiger partial charge in [-0.25, -0.2) is 0 Å². The lowest BCUT2D eigenvalue weighted by atomic mass is 9.88. The fraction of sp³-hybridized carbons (Fsp3) is 0.364. The van der Waals surface area contributed by atoms with Crippen LogP contribution >= 0.6 is 0 Å². The Morgan fingerprint density at radius 1 is 0.889 bits per heavy atom. The lowest BCUT2D eigenvalue weighted by Crippen LogP contribution is -2.50. The standard InChI is InChI=1S/C22H26N2O3/c1-17(25)23-12-14-24(15-13-23)22(26)16-21(18-6-4-3-5-7-18)19-8-10-20(27-2)11-9-19/h3-11,21H,12-16H2,1-2H3. The molecule has 2 aromatic carbocycles. The highest BCUT2D eigenvalue weighted by atomic mass is 16.5. The van der Waals surface area contributed by atoms with Crippen LogP contribution in [0.25, 0.3) is 0 Å². The van der Waals surface area contributed by atoms with Crippen molar-refractivity contribution in [1.29, 1.82) is 0 Å². The van der Waals surface area contributed by atoms with Crippen molar-refractivity contribution in [2.75, 3.05) is 33.3 Å². The van der Waals surface area contributed by atoms with E-state index in [4.69, 9.17) is 4.74 Å². The highest BCUT2D eigenvalue weighted by Gasteiger charge is 2.26. The molecule has 1 aliphatic rings. The number of methoxy groups -OCH3 is 1. The van der Waals surface area contributed by atoms with Gasteiger partial charge in [-0.15, -0.1) is 0 Å². The summed E-state index contributed by atoms with van der Waals surface area (Å²) >= 11 is 0. The molecule has 1 saturated heterocycles. The van der Waals surface area contributed by atoms with Gasteiger partial charge in [-0.3, -0.25) is 9.59 Å². The van der Waals surface area contributed by atoms with Gasteiger partial charge in [-0.2, -0.15) is 0 Å². The van der Waals surface area contributed by atoms with E-state index in [0.717, 1.165) is 16.9 Å². The zero-order valence-corrected chi connectivity index (χ0v) is 15.9. The van der Waals surface area contributed by atoms with Gasteiger partial charge < -0.3 is 14.5 Å². The zero-order valence-electron chi connectivity index (χ0n) is 15.9. The second-order valence-corrected chi connectivity index (χ2v) is 6.83. The molecule has 5 nitrogen and oxygen atoms in total. The maximum absolute atomic E-state index is 13.0. The maximum Gasteiger partial charge on any atom is 0.223 e. The Hall–Kier alpha value is -2.82. The molecule has 0 N–H and O–H groups in total. The van der Waals surface area contributed by atoms with Gasteiger partial charge in [0.25, 0.3) is 0 Å². The minimum Gasteiger partial charge on any atom is -0.497 e. The van der Waals surface area contributed by atoms with Crippen LogP contribution in [0.3, 0.4) is 0 Å². The van der Waals surface area contributed by atoms with Crippen LogP contribution in [0, 0.1) is 0 Å². The van der Waals surface area contributed by atoms with Crippen LogP contribution in [0.2, 0.25) is 0 Å². The monoisotopic (exact) mass is 366 g/mol. The van der Waals surface area contributed by atoms with Crippen LogP contribution in [0.5, 0.6) is 5.75 Å².